The zero-order chi connectivity index (χ0) is 42.4. The Kier molecular flexibility index (Phi) is 12.8. The van der Waals surface area contributed by atoms with E-state index in [-0.39, 0.29) is 57.4 Å². The van der Waals surface area contributed by atoms with Gasteiger partial charge >= 0.3 is 11.9 Å². The van der Waals surface area contributed by atoms with Crippen LogP contribution in [0.3, 0.4) is 0 Å². The van der Waals surface area contributed by atoms with Crippen LogP contribution in [0, 0.1) is 31.6 Å². The van der Waals surface area contributed by atoms with Crippen molar-refractivity contribution in [3.63, 3.8) is 0 Å². The molecule has 7 N–H and O–H groups in total. The van der Waals surface area contributed by atoms with E-state index < -0.39 is 82.8 Å². The average molecular weight is 784 g/mol. The lowest BCUT2D eigenvalue weighted by Gasteiger charge is -2.41. The number of aromatic hydroxyl groups is 1. The van der Waals surface area contributed by atoms with Gasteiger partial charge in [0, 0.05) is 35.5 Å². The minimum absolute atomic E-state index is 0.0224. The summed E-state index contributed by atoms with van der Waals surface area (Å²) >= 11 is 0. The maximum atomic E-state index is 13.9. The number of nitrogens with one attached hydrogen (secondary N) is 1. The lowest BCUT2D eigenvalue weighted by Crippen LogP contribution is -2.55. The van der Waals surface area contributed by atoms with Crippen LogP contribution in [0.1, 0.15) is 82.4 Å². The average Bonchev–Trinajstić information content (AvgIpc) is 3.13. The van der Waals surface area contributed by atoms with Crippen molar-refractivity contribution in [3.8, 4) is 5.75 Å². The number of hydrogen-bond acceptors (Lipinski definition) is 14. The van der Waals surface area contributed by atoms with Gasteiger partial charge in [0.1, 0.15) is 34.7 Å². The molecule has 15 heteroatoms. The molecule has 15 nitrogen and oxygen atoms in total. The first-order chi connectivity index (χ1) is 25.9. The normalized spacial score (nSPS) is 34.2. The molecule has 1 amide bonds. The van der Waals surface area contributed by atoms with E-state index >= 15 is 0 Å². The predicted octanol–water partition coefficient (Wildman–Crippen LogP) is 3.17. The smallest absolute Gasteiger partial charge is 0.315 e. The lowest BCUT2D eigenvalue weighted by atomic mass is 9.74. The van der Waals surface area contributed by atoms with Crippen LogP contribution >= 0.6 is 0 Å². The van der Waals surface area contributed by atoms with Crippen molar-refractivity contribution < 1.29 is 68.8 Å². The zero-order valence-electron chi connectivity index (χ0n) is 33.5. The van der Waals surface area contributed by atoms with E-state index in [0.29, 0.717) is 11.1 Å². The second kappa shape index (κ2) is 16.4. The van der Waals surface area contributed by atoms with Gasteiger partial charge in [0.2, 0.25) is 6.79 Å². The summed E-state index contributed by atoms with van der Waals surface area (Å²) in [4.78, 5) is 53.2. The summed E-state index contributed by atoms with van der Waals surface area (Å²) in [6.45, 7) is 13.8. The first-order valence-corrected chi connectivity index (χ1v) is 18.1. The second-order valence-corrected chi connectivity index (χ2v) is 15.3. The molecule has 5 rings (SSSR count). The van der Waals surface area contributed by atoms with Gasteiger partial charge in [-0.25, -0.2) is 0 Å². The van der Waals surface area contributed by atoms with Gasteiger partial charge in [0.05, 0.1) is 42.2 Å². The van der Waals surface area contributed by atoms with Gasteiger partial charge in [0.15, 0.2) is 11.5 Å². The molecule has 1 aliphatic carbocycles. The van der Waals surface area contributed by atoms with Crippen LogP contribution < -0.4 is 5.32 Å². The number of methoxy groups -OCH3 is 1. The van der Waals surface area contributed by atoms with E-state index in [1.165, 1.54) is 65.8 Å². The fraction of sp³-hybridized carbons (Fsp3) is 0.512. The molecule has 56 heavy (non-hydrogen) atoms. The first-order valence-electron chi connectivity index (χ1n) is 18.1. The van der Waals surface area contributed by atoms with E-state index in [0.717, 1.165) is 14.0 Å². The van der Waals surface area contributed by atoms with Crippen LogP contribution in [0.2, 0.25) is 0 Å². The van der Waals surface area contributed by atoms with Gasteiger partial charge in [-0.15, -0.1) is 0 Å². The van der Waals surface area contributed by atoms with Crippen LogP contribution in [-0.4, -0.2) is 104 Å². The molecule has 0 saturated heterocycles. The number of phenolic OH excluding ortho intramolecular Hbond substituents is 1. The maximum absolute atomic E-state index is 13.9. The quantitative estimate of drug-likeness (QED) is 0.169. The van der Waals surface area contributed by atoms with Crippen LogP contribution in [0.15, 0.2) is 52.5 Å². The van der Waals surface area contributed by atoms with E-state index in [4.69, 9.17) is 18.9 Å². The molecular formula is C41H53NO14. The van der Waals surface area contributed by atoms with Crippen molar-refractivity contribution in [1.29, 1.82) is 0 Å². The summed E-state index contributed by atoms with van der Waals surface area (Å²) in [6.07, 6.45) is -2.02. The van der Waals surface area contributed by atoms with E-state index in [1.807, 2.05) is 0 Å². The second-order valence-electron chi connectivity index (χ2n) is 15.3. The van der Waals surface area contributed by atoms with Gasteiger partial charge in [-0.05, 0) is 71.2 Å². The fourth-order valence-electron chi connectivity index (χ4n) is 7.61. The van der Waals surface area contributed by atoms with Crippen LogP contribution in [0.5, 0.6) is 5.75 Å². The third-order valence-electron chi connectivity index (χ3n) is 11.0. The first kappa shape index (κ1) is 43.9. The summed E-state index contributed by atoms with van der Waals surface area (Å²) in [7, 11) is 1.03. The number of rotatable bonds is 2. The van der Waals surface area contributed by atoms with Crippen molar-refractivity contribution in [2.24, 2.45) is 17.8 Å². The van der Waals surface area contributed by atoms with Crippen molar-refractivity contribution in [3.05, 3.63) is 74.8 Å². The Labute approximate surface area is 325 Å². The molecule has 0 radical (unpaired) electrons. The largest absolute Gasteiger partial charge is 0.505 e. The summed E-state index contributed by atoms with van der Waals surface area (Å²) in [5.74, 6) is -7.77. The number of aliphatic hydroxyl groups excluding tert-OH is 3. The molecular weight excluding hydrogens is 730 g/mol. The molecule has 9 unspecified atom stereocenters. The Hall–Kier alpha value is -4.80. The van der Waals surface area contributed by atoms with Crippen molar-refractivity contribution in [1.82, 2.24) is 0 Å². The number of esters is 2. The molecule has 0 spiro atoms. The van der Waals surface area contributed by atoms with E-state index in [9.17, 15) is 49.8 Å². The van der Waals surface area contributed by atoms with Crippen molar-refractivity contribution in [2.45, 2.75) is 105 Å². The lowest BCUT2D eigenvalue weighted by molar-refractivity contribution is -0.183. The Morgan fingerprint density at radius 2 is 1.46 bits per heavy atom. The number of ether oxygens (including phenoxy) is 4. The highest BCUT2D eigenvalue weighted by molar-refractivity contribution is 6.20. The predicted molar refractivity (Wildman–Crippen MR) is 203 cm³/mol. The minimum Gasteiger partial charge on any atom is -0.505 e. The topological polar surface area (TPSA) is 239 Å². The van der Waals surface area contributed by atoms with Gasteiger partial charge in [0.25, 0.3) is 5.91 Å². The molecule has 0 saturated carbocycles. The monoisotopic (exact) mass is 783 g/mol. The van der Waals surface area contributed by atoms with Gasteiger partial charge < -0.3 is 54.9 Å². The van der Waals surface area contributed by atoms with Crippen LogP contribution in [0.4, 0.5) is 5.69 Å². The highest BCUT2D eigenvalue weighted by Gasteiger charge is 2.50. The molecule has 1 aromatic carbocycles. The molecule has 0 aromatic heterocycles. The third-order valence-corrected chi connectivity index (χ3v) is 11.0. The van der Waals surface area contributed by atoms with Gasteiger partial charge in [-0.2, -0.15) is 0 Å². The number of carbonyl (C=O) groups excluding carboxylic acids is 4. The number of aliphatic hydroxyl groups is 5. The molecule has 3 aliphatic heterocycles. The molecule has 4 bridgehead atoms. The number of benzene rings is 1. The van der Waals surface area contributed by atoms with Crippen LogP contribution in [-0.2, 0) is 33.3 Å². The molecule has 4 aliphatic rings. The van der Waals surface area contributed by atoms with E-state index in [1.54, 1.807) is 20.8 Å². The van der Waals surface area contributed by atoms with Crippen LogP contribution in [0.25, 0.3) is 5.57 Å². The highest BCUT2D eigenvalue weighted by Crippen LogP contribution is 2.50. The summed E-state index contributed by atoms with van der Waals surface area (Å²) in [5, 5.41) is 72.4. The summed E-state index contributed by atoms with van der Waals surface area (Å²) in [5.41, 5.74) is -2.50. The Balaban J connectivity index is 2.06. The number of ketones is 1. The molecule has 306 valence electrons. The number of allylic oxidation sites excluding steroid dienone is 5. The number of carbonyl (C=O) groups is 4. The Morgan fingerprint density at radius 3 is 2.05 bits per heavy atom. The van der Waals surface area contributed by atoms with E-state index in [2.05, 4.69) is 5.32 Å². The number of fused-ring (bicyclic) bond motifs is 14. The number of Topliss-reactive ketones (excluding diaryl/α,β-unsaturated/α-hetero) is 1. The SMILES string of the molecule is COC(=O)C1C(O)C(C)C(O)C(C)(O)/C=C\C=C(/C)C(=O)Nc2c(C)c(C)c3c(c2O)C(=O)C(C)=C2OCOC(=C23)/C(C)=C/C(C)(O)C(O)C(C)C1OC(C)=O. The standard InChI is InChI=1S/C41H53NO14/c1-17-13-12-14-40(9,51)36(47)22(6)31(45)28(39(50)53-11)35(56-24(8)43)23(7)37(48)41(10,52)15-18(2)33-27-25-19(3)20(4)29(42-38(17)49)32(46)26(25)30(44)21(5)34(27)55-16-54-33/h12-15,22-23,28,31,35-37,45-48,51-52H,16H2,1-11H3,(H,42,49)/b14-12-,17-13+,18-15+. The molecule has 1 aromatic rings. The fourth-order valence-corrected chi connectivity index (χ4v) is 7.61. The molecule has 9 atom stereocenters. The molecule has 3 heterocycles. The Morgan fingerprint density at radius 1 is 0.875 bits per heavy atom. The number of anilines is 1. The third kappa shape index (κ3) is 8.04. The zero-order valence-corrected chi connectivity index (χ0v) is 33.5. The summed E-state index contributed by atoms with van der Waals surface area (Å²) in [6, 6.07) is 0. The number of amides is 1. The van der Waals surface area contributed by atoms with Crippen molar-refractivity contribution >= 4 is 34.9 Å². The number of hydrogen-bond donors (Lipinski definition) is 7. The maximum Gasteiger partial charge on any atom is 0.315 e. The van der Waals surface area contributed by atoms with Gasteiger partial charge in [-0.1, -0.05) is 32.1 Å². The number of phenols is 1. The Bertz CT molecular complexity index is 1970. The summed E-state index contributed by atoms with van der Waals surface area (Å²) < 4.78 is 22.4. The van der Waals surface area contributed by atoms with Gasteiger partial charge in [-0.3, -0.25) is 19.2 Å². The molecule has 0 fully saturated rings. The van der Waals surface area contributed by atoms with Crippen molar-refractivity contribution in [2.75, 3.05) is 19.2 Å². The minimum atomic E-state index is -2.17. The highest BCUT2D eigenvalue weighted by atomic mass is 16.7.